The molecular formula is C19H25NO2. The lowest BCUT2D eigenvalue weighted by atomic mass is 10.1. The van der Waals surface area contributed by atoms with Crippen LogP contribution in [0.3, 0.4) is 0 Å². The Morgan fingerprint density at radius 2 is 2.05 bits per heavy atom. The molecule has 118 valence electrons. The zero-order valence-electron chi connectivity index (χ0n) is 13.3. The first-order valence-corrected chi connectivity index (χ1v) is 8.04. The number of carbonyl (C=O) groups is 1. The number of aryl methyl sites for hydroxylation is 1. The number of rotatable bonds is 6. The molecule has 1 aliphatic rings. The lowest BCUT2D eigenvalue weighted by Crippen LogP contribution is -2.34. The molecule has 1 aromatic carbocycles. The number of allylic oxidation sites excluding steroid dienone is 3. The highest BCUT2D eigenvalue weighted by Gasteiger charge is 2.12. The van der Waals surface area contributed by atoms with Crippen molar-refractivity contribution in [2.45, 2.75) is 32.1 Å². The highest BCUT2D eigenvalue weighted by atomic mass is 16.5. The van der Waals surface area contributed by atoms with Crippen LogP contribution in [0.4, 0.5) is 0 Å². The summed E-state index contributed by atoms with van der Waals surface area (Å²) in [5.74, 6) is 1.03. The molecule has 0 atom stereocenters. The number of amides is 1. The summed E-state index contributed by atoms with van der Waals surface area (Å²) in [5.41, 5.74) is 1.26. The van der Waals surface area contributed by atoms with Crippen molar-refractivity contribution < 1.29 is 9.53 Å². The maximum Gasteiger partial charge on any atom is 0.246 e. The molecule has 1 aliphatic heterocycles. The van der Waals surface area contributed by atoms with Gasteiger partial charge in [0.15, 0.2) is 0 Å². The Bertz CT molecular complexity index is 528. The number of carbonyl (C=O) groups excluding carboxylic acids is 1. The largest absolute Gasteiger partial charge is 0.497 e. The molecule has 0 spiro atoms. The topological polar surface area (TPSA) is 29.5 Å². The summed E-state index contributed by atoms with van der Waals surface area (Å²) in [7, 11) is 1.68. The average Bonchev–Trinajstić information content (AvgIpc) is 2.58. The molecular weight excluding hydrogens is 274 g/mol. The van der Waals surface area contributed by atoms with E-state index in [2.05, 4.69) is 18.2 Å². The number of benzene rings is 1. The van der Waals surface area contributed by atoms with E-state index in [0.29, 0.717) is 0 Å². The maximum absolute atomic E-state index is 11.9. The number of piperidine rings is 1. The van der Waals surface area contributed by atoms with Crippen LogP contribution >= 0.6 is 0 Å². The highest BCUT2D eigenvalue weighted by Crippen LogP contribution is 2.14. The number of methoxy groups -OCH3 is 1. The van der Waals surface area contributed by atoms with E-state index in [-0.39, 0.29) is 5.91 Å². The van der Waals surface area contributed by atoms with E-state index < -0.39 is 0 Å². The predicted octanol–water partition coefficient (Wildman–Crippen LogP) is 3.75. The van der Waals surface area contributed by atoms with E-state index >= 15 is 0 Å². The minimum Gasteiger partial charge on any atom is -0.497 e. The van der Waals surface area contributed by atoms with Gasteiger partial charge in [0.1, 0.15) is 5.75 Å². The molecule has 3 heteroatoms. The van der Waals surface area contributed by atoms with Crippen LogP contribution in [0.25, 0.3) is 0 Å². The second kappa shape index (κ2) is 9.08. The van der Waals surface area contributed by atoms with Crippen LogP contribution in [0, 0.1) is 0 Å². The van der Waals surface area contributed by atoms with Gasteiger partial charge in [0.25, 0.3) is 0 Å². The van der Waals surface area contributed by atoms with Gasteiger partial charge in [-0.1, -0.05) is 30.4 Å². The lowest BCUT2D eigenvalue weighted by molar-refractivity contribution is -0.126. The van der Waals surface area contributed by atoms with E-state index in [1.54, 1.807) is 13.2 Å². The molecule has 2 rings (SSSR count). The normalized spacial score (nSPS) is 15.6. The first kappa shape index (κ1) is 16.3. The Hall–Kier alpha value is -2.03. The summed E-state index contributed by atoms with van der Waals surface area (Å²) in [4.78, 5) is 13.8. The summed E-state index contributed by atoms with van der Waals surface area (Å²) in [6, 6.07) is 8.12. The summed E-state index contributed by atoms with van der Waals surface area (Å²) in [6.45, 7) is 1.81. The number of hydrogen-bond donors (Lipinski definition) is 0. The fourth-order valence-corrected chi connectivity index (χ4v) is 2.61. The maximum atomic E-state index is 11.9. The monoisotopic (exact) mass is 299 g/mol. The van der Waals surface area contributed by atoms with Gasteiger partial charge in [0.05, 0.1) is 7.11 Å². The standard InChI is InChI=1S/C19H25NO2/c1-22-18-12-9-11-17(16-18)10-5-2-3-6-13-19(21)20-14-7-4-8-15-20/h2-3,6,9,11-13,16H,4-5,7-8,10,14-15H2,1H3/b3-2+,13-6+. The number of likely N-dealkylation sites (tertiary alicyclic amines) is 1. The van der Waals surface area contributed by atoms with Crippen molar-refractivity contribution in [3.63, 3.8) is 0 Å². The fraction of sp³-hybridized carbons (Fsp3) is 0.421. The molecule has 0 aromatic heterocycles. The Morgan fingerprint density at radius 3 is 2.82 bits per heavy atom. The second-order valence-corrected chi connectivity index (χ2v) is 5.56. The molecule has 0 N–H and O–H groups in total. The average molecular weight is 299 g/mol. The third-order valence-electron chi connectivity index (χ3n) is 3.89. The molecule has 1 fully saturated rings. The second-order valence-electron chi connectivity index (χ2n) is 5.56. The Morgan fingerprint density at radius 1 is 1.23 bits per heavy atom. The molecule has 0 bridgehead atoms. The minimum atomic E-state index is 0.136. The molecule has 1 aromatic rings. The summed E-state index contributed by atoms with van der Waals surface area (Å²) in [6.07, 6.45) is 13.0. The van der Waals surface area contributed by atoms with Crippen molar-refractivity contribution in [1.29, 1.82) is 0 Å². The lowest BCUT2D eigenvalue weighted by Gasteiger charge is -2.25. The van der Waals surface area contributed by atoms with E-state index in [0.717, 1.165) is 44.5 Å². The summed E-state index contributed by atoms with van der Waals surface area (Å²) in [5, 5.41) is 0. The molecule has 22 heavy (non-hydrogen) atoms. The van der Waals surface area contributed by atoms with Crippen molar-refractivity contribution in [2.24, 2.45) is 0 Å². The third kappa shape index (κ3) is 5.40. The third-order valence-corrected chi connectivity index (χ3v) is 3.89. The first-order valence-electron chi connectivity index (χ1n) is 8.04. The molecule has 1 amide bonds. The molecule has 0 radical (unpaired) electrons. The quantitative estimate of drug-likeness (QED) is 0.591. The Labute approximate surface area is 133 Å². The van der Waals surface area contributed by atoms with Crippen LogP contribution in [0.1, 0.15) is 31.2 Å². The van der Waals surface area contributed by atoms with Crippen molar-refractivity contribution in [3.05, 3.63) is 54.1 Å². The molecule has 0 aliphatic carbocycles. The van der Waals surface area contributed by atoms with E-state index in [1.807, 2.05) is 29.2 Å². The molecule has 0 saturated carbocycles. The molecule has 0 unspecified atom stereocenters. The van der Waals surface area contributed by atoms with Gasteiger partial charge >= 0.3 is 0 Å². The van der Waals surface area contributed by atoms with Crippen molar-refractivity contribution in [2.75, 3.05) is 20.2 Å². The molecule has 1 heterocycles. The van der Waals surface area contributed by atoms with Crippen LogP contribution in [0.15, 0.2) is 48.6 Å². The SMILES string of the molecule is COc1cccc(CC/C=C/C=C/C(=O)N2CCCCC2)c1. The van der Waals surface area contributed by atoms with Gasteiger partial charge in [0, 0.05) is 19.2 Å². The van der Waals surface area contributed by atoms with Crippen LogP contribution in [0.5, 0.6) is 5.75 Å². The van der Waals surface area contributed by atoms with Crippen molar-refractivity contribution in [3.8, 4) is 5.75 Å². The van der Waals surface area contributed by atoms with Gasteiger partial charge in [0.2, 0.25) is 5.91 Å². The Balaban J connectivity index is 1.70. The predicted molar refractivity (Wildman–Crippen MR) is 90.0 cm³/mol. The van der Waals surface area contributed by atoms with Crippen LogP contribution in [-0.2, 0) is 11.2 Å². The zero-order valence-corrected chi connectivity index (χ0v) is 13.3. The van der Waals surface area contributed by atoms with Gasteiger partial charge in [-0.05, 0) is 49.8 Å². The van der Waals surface area contributed by atoms with Gasteiger partial charge in [-0.15, -0.1) is 0 Å². The zero-order chi connectivity index (χ0) is 15.6. The molecule has 3 nitrogen and oxygen atoms in total. The first-order chi connectivity index (χ1) is 10.8. The van der Waals surface area contributed by atoms with Gasteiger partial charge in [-0.2, -0.15) is 0 Å². The van der Waals surface area contributed by atoms with Crippen LogP contribution in [-0.4, -0.2) is 31.0 Å². The van der Waals surface area contributed by atoms with Gasteiger partial charge < -0.3 is 9.64 Å². The van der Waals surface area contributed by atoms with Gasteiger partial charge in [-0.25, -0.2) is 0 Å². The smallest absolute Gasteiger partial charge is 0.246 e. The van der Waals surface area contributed by atoms with Crippen LogP contribution < -0.4 is 4.74 Å². The van der Waals surface area contributed by atoms with E-state index in [1.165, 1.54) is 12.0 Å². The van der Waals surface area contributed by atoms with Crippen molar-refractivity contribution >= 4 is 5.91 Å². The van der Waals surface area contributed by atoms with Crippen molar-refractivity contribution in [1.82, 2.24) is 4.90 Å². The van der Waals surface area contributed by atoms with Gasteiger partial charge in [-0.3, -0.25) is 4.79 Å². The summed E-state index contributed by atoms with van der Waals surface area (Å²) < 4.78 is 5.21. The number of hydrogen-bond acceptors (Lipinski definition) is 2. The number of ether oxygens (including phenoxy) is 1. The fourth-order valence-electron chi connectivity index (χ4n) is 2.61. The summed E-state index contributed by atoms with van der Waals surface area (Å²) >= 11 is 0. The van der Waals surface area contributed by atoms with E-state index in [4.69, 9.17) is 4.74 Å². The highest BCUT2D eigenvalue weighted by molar-refractivity contribution is 5.87. The van der Waals surface area contributed by atoms with E-state index in [9.17, 15) is 4.79 Å². The Kier molecular flexibility index (Phi) is 6.75. The minimum absolute atomic E-state index is 0.136. The number of nitrogens with zero attached hydrogens (tertiary/aromatic N) is 1. The molecule has 1 saturated heterocycles. The van der Waals surface area contributed by atoms with Crippen LogP contribution in [0.2, 0.25) is 0 Å².